The summed E-state index contributed by atoms with van der Waals surface area (Å²) in [6.45, 7) is -0.405. The second-order valence-electron chi connectivity index (χ2n) is 5.73. The Kier molecular flexibility index (Phi) is 4.53. The van der Waals surface area contributed by atoms with Crippen LogP contribution in [-0.2, 0) is 28.7 Å². The third-order valence-corrected chi connectivity index (χ3v) is 3.92. The topological polar surface area (TPSA) is 120 Å². The number of carbonyl (C=O) groups is 2. The number of nitrogens with one attached hydrogen (secondary N) is 3. The van der Waals surface area contributed by atoms with Crippen molar-refractivity contribution in [2.45, 2.75) is 31.6 Å². The van der Waals surface area contributed by atoms with Gasteiger partial charge in [-0.15, -0.1) is 5.10 Å². The minimum absolute atomic E-state index is 0.0557. The number of phenols is 1. The van der Waals surface area contributed by atoms with Crippen LogP contribution in [0, 0.1) is 0 Å². The van der Waals surface area contributed by atoms with E-state index in [9.17, 15) is 27.9 Å². The molecule has 1 aromatic carbocycles. The number of rotatable bonds is 3. The van der Waals surface area contributed by atoms with Gasteiger partial charge in [0.1, 0.15) is 11.6 Å². The maximum atomic E-state index is 12.4. The summed E-state index contributed by atoms with van der Waals surface area (Å²) in [4.78, 5) is 27.0. The number of hydrogen-bond donors (Lipinski definition) is 4. The van der Waals surface area contributed by atoms with E-state index in [1.54, 1.807) is 12.1 Å². The highest BCUT2D eigenvalue weighted by Crippen LogP contribution is 2.33. The zero-order valence-corrected chi connectivity index (χ0v) is 13.2. The van der Waals surface area contributed by atoms with Crippen LogP contribution in [0.25, 0.3) is 0 Å². The monoisotopic (exact) mass is 369 g/mol. The molecule has 1 aliphatic carbocycles. The van der Waals surface area contributed by atoms with Crippen LogP contribution in [0.5, 0.6) is 5.75 Å². The van der Waals surface area contributed by atoms with Gasteiger partial charge in [0, 0.05) is 0 Å². The highest BCUT2D eigenvalue weighted by molar-refractivity contribution is 6.35. The Labute approximate surface area is 144 Å². The van der Waals surface area contributed by atoms with Gasteiger partial charge in [0.05, 0.1) is 12.6 Å². The molecule has 0 bridgehead atoms. The summed E-state index contributed by atoms with van der Waals surface area (Å²) in [6.07, 6.45) is -3.42. The lowest BCUT2D eigenvalue weighted by Gasteiger charge is -2.14. The third kappa shape index (κ3) is 3.76. The van der Waals surface area contributed by atoms with Crippen molar-refractivity contribution >= 4 is 11.8 Å². The summed E-state index contributed by atoms with van der Waals surface area (Å²) >= 11 is 0. The molecule has 2 aromatic rings. The van der Waals surface area contributed by atoms with E-state index >= 15 is 0 Å². The van der Waals surface area contributed by atoms with E-state index in [-0.39, 0.29) is 11.6 Å². The first-order chi connectivity index (χ1) is 12.2. The molecule has 26 heavy (non-hydrogen) atoms. The first-order valence-corrected chi connectivity index (χ1v) is 7.63. The molecule has 1 aromatic heterocycles. The molecule has 3 rings (SSSR count). The summed E-state index contributed by atoms with van der Waals surface area (Å²) in [5.41, 5.74) is 1.70. The molecular formula is C15H14F3N5O3. The number of aryl methyl sites for hydroxylation is 1. The van der Waals surface area contributed by atoms with E-state index in [0.717, 1.165) is 11.1 Å². The first kappa shape index (κ1) is 17.7. The van der Waals surface area contributed by atoms with Crippen molar-refractivity contribution in [3.05, 3.63) is 41.0 Å². The molecular weight excluding hydrogens is 355 g/mol. The van der Waals surface area contributed by atoms with Gasteiger partial charge in [-0.3, -0.25) is 14.7 Å². The normalized spacial score (nSPS) is 16.2. The van der Waals surface area contributed by atoms with Crippen molar-refractivity contribution in [3.8, 4) is 5.75 Å². The van der Waals surface area contributed by atoms with E-state index in [1.165, 1.54) is 6.07 Å². The van der Waals surface area contributed by atoms with E-state index in [0.29, 0.717) is 12.8 Å². The van der Waals surface area contributed by atoms with Crippen molar-refractivity contribution in [3.63, 3.8) is 0 Å². The molecule has 4 N–H and O–H groups in total. The number of halogens is 3. The van der Waals surface area contributed by atoms with Gasteiger partial charge in [-0.2, -0.15) is 13.2 Å². The molecule has 0 spiro atoms. The van der Waals surface area contributed by atoms with Crippen LogP contribution in [0.4, 0.5) is 13.2 Å². The van der Waals surface area contributed by atoms with E-state index < -0.39 is 36.4 Å². The summed E-state index contributed by atoms with van der Waals surface area (Å²) in [5.74, 6) is -3.46. The van der Waals surface area contributed by atoms with Crippen LogP contribution in [0.1, 0.15) is 35.2 Å². The van der Waals surface area contributed by atoms with Crippen molar-refractivity contribution in [1.82, 2.24) is 25.8 Å². The van der Waals surface area contributed by atoms with Crippen molar-refractivity contribution in [2.24, 2.45) is 0 Å². The molecule has 0 aliphatic heterocycles. The van der Waals surface area contributed by atoms with Gasteiger partial charge >= 0.3 is 18.0 Å². The third-order valence-electron chi connectivity index (χ3n) is 3.92. The Hall–Kier alpha value is -3.11. The number of H-pyrrole nitrogens is 1. The van der Waals surface area contributed by atoms with Crippen LogP contribution < -0.4 is 10.6 Å². The number of aromatic amines is 1. The molecule has 0 fully saturated rings. The van der Waals surface area contributed by atoms with Gasteiger partial charge in [-0.1, -0.05) is 6.07 Å². The van der Waals surface area contributed by atoms with Crippen molar-refractivity contribution in [2.75, 3.05) is 0 Å². The van der Waals surface area contributed by atoms with Gasteiger partial charge in [0.15, 0.2) is 0 Å². The summed E-state index contributed by atoms with van der Waals surface area (Å²) < 4.78 is 37.2. The molecule has 138 valence electrons. The molecule has 2 amide bonds. The first-order valence-electron chi connectivity index (χ1n) is 7.63. The van der Waals surface area contributed by atoms with E-state index in [1.807, 2.05) is 5.10 Å². The molecule has 1 atom stereocenters. The fourth-order valence-electron chi connectivity index (χ4n) is 2.71. The van der Waals surface area contributed by atoms with Gasteiger partial charge < -0.3 is 15.7 Å². The maximum absolute atomic E-state index is 12.4. The lowest BCUT2D eigenvalue weighted by Crippen LogP contribution is -2.41. The summed E-state index contributed by atoms with van der Waals surface area (Å²) in [7, 11) is 0. The van der Waals surface area contributed by atoms with Crippen LogP contribution in [0.3, 0.4) is 0 Å². The van der Waals surface area contributed by atoms with Crippen LogP contribution in [-0.4, -0.2) is 32.1 Å². The van der Waals surface area contributed by atoms with Crippen molar-refractivity contribution in [1.29, 1.82) is 0 Å². The maximum Gasteiger partial charge on any atom is 0.453 e. The predicted octanol–water partition coefficient (Wildman–Crippen LogP) is 0.949. The molecule has 1 heterocycles. The lowest BCUT2D eigenvalue weighted by molar-refractivity contribution is -0.144. The Morgan fingerprint density at radius 3 is 2.77 bits per heavy atom. The van der Waals surface area contributed by atoms with Crippen LogP contribution in [0.15, 0.2) is 18.2 Å². The summed E-state index contributed by atoms with van der Waals surface area (Å²) in [5, 5.41) is 19.3. The Morgan fingerprint density at radius 2 is 2.08 bits per heavy atom. The highest BCUT2D eigenvalue weighted by atomic mass is 19.4. The van der Waals surface area contributed by atoms with Gasteiger partial charge in [0.2, 0.25) is 0 Å². The minimum Gasteiger partial charge on any atom is -0.508 e. The van der Waals surface area contributed by atoms with E-state index in [4.69, 9.17) is 0 Å². The molecule has 0 radical (unpaired) electrons. The van der Waals surface area contributed by atoms with E-state index in [2.05, 4.69) is 20.7 Å². The zero-order valence-electron chi connectivity index (χ0n) is 13.2. The Morgan fingerprint density at radius 1 is 1.31 bits per heavy atom. The average Bonchev–Trinajstić information content (AvgIpc) is 3.19. The van der Waals surface area contributed by atoms with Gasteiger partial charge in [-0.25, -0.2) is 4.98 Å². The number of benzene rings is 1. The zero-order chi connectivity index (χ0) is 18.9. The minimum atomic E-state index is -4.70. The molecule has 1 unspecified atom stereocenters. The fourth-order valence-corrected chi connectivity index (χ4v) is 2.71. The number of aromatic hydroxyl groups is 1. The number of phenolic OH excluding ortho intramolecular Hbond substituents is 1. The summed E-state index contributed by atoms with van der Waals surface area (Å²) in [6, 6.07) is 4.40. The van der Waals surface area contributed by atoms with Gasteiger partial charge in [0.25, 0.3) is 5.82 Å². The van der Waals surface area contributed by atoms with Crippen LogP contribution >= 0.6 is 0 Å². The predicted molar refractivity (Wildman–Crippen MR) is 80.5 cm³/mol. The van der Waals surface area contributed by atoms with Crippen LogP contribution in [0.2, 0.25) is 0 Å². The molecule has 1 aliphatic rings. The fraction of sp³-hybridized carbons (Fsp3) is 0.333. The molecule has 11 heteroatoms. The lowest BCUT2D eigenvalue weighted by atomic mass is 10.1. The number of amides is 2. The number of fused-ring (bicyclic) bond motifs is 1. The molecule has 0 saturated heterocycles. The Bertz CT molecular complexity index is 849. The average molecular weight is 369 g/mol. The second-order valence-corrected chi connectivity index (χ2v) is 5.73. The number of alkyl halides is 3. The van der Waals surface area contributed by atoms with Gasteiger partial charge in [-0.05, 0) is 36.1 Å². The SMILES string of the molecule is O=C(NCc1nc(C(F)(F)F)n[nH]1)C(=O)NC1CCc2ccc(O)cc21. The standard InChI is InChI=1S/C15H14F3N5O3/c16-15(17,18)14-21-11(22-23-14)6-19-12(25)13(26)20-10-4-2-7-1-3-8(24)5-9(7)10/h1,3,5,10,24H,2,4,6H2,(H,19,25)(H,20,26)(H,21,22,23). The molecule has 8 nitrogen and oxygen atoms in total. The smallest absolute Gasteiger partial charge is 0.453 e. The number of carbonyl (C=O) groups excluding carboxylic acids is 2. The second kappa shape index (κ2) is 6.65. The number of hydrogen-bond acceptors (Lipinski definition) is 5. The number of aromatic nitrogens is 3. The number of nitrogens with zero attached hydrogens (tertiary/aromatic N) is 2. The largest absolute Gasteiger partial charge is 0.508 e. The molecule has 0 saturated carbocycles. The Balaban J connectivity index is 1.55. The highest BCUT2D eigenvalue weighted by Gasteiger charge is 2.36. The van der Waals surface area contributed by atoms with Crippen molar-refractivity contribution < 1.29 is 27.9 Å². The quantitative estimate of drug-likeness (QED) is 0.601.